The van der Waals surface area contributed by atoms with Crippen molar-refractivity contribution >= 4 is 57.6 Å². The fraction of sp³-hybridized carbons (Fsp3) is 0.241. The van der Waals surface area contributed by atoms with Crippen molar-refractivity contribution in [2.75, 3.05) is 44.2 Å². The zero-order chi connectivity index (χ0) is 26.3. The summed E-state index contributed by atoms with van der Waals surface area (Å²) < 4.78 is 12.3. The van der Waals surface area contributed by atoms with Crippen molar-refractivity contribution in [2.24, 2.45) is 0 Å². The zero-order valence-electron chi connectivity index (χ0n) is 20.8. The smallest absolute Gasteiger partial charge is 0.270 e. The first kappa shape index (κ1) is 26.7. The minimum atomic E-state index is -0.133. The third kappa shape index (κ3) is 6.95. The van der Waals surface area contributed by atoms with Crippen LogP contribution in [0.3, 0.4) is 0 Å². The Labute approximate surface area is 237 Å². The number of nitrogens with zero attached hydrogens (tertiary/aromatic N) is 2. The van der Waals surface area contributed by atoms with Gasteiger partial charge >= 0.3 is 0 Å². The molecule has 0 unspecified atom stereocenters. The van der Waals surface area contributed by atoms with Gasteiger partial charge in [-0.25, -0.2) is 0 Å². The van der Waals surface area contributed by atoms with E-state index < -0.39 is 0 Å². The highest BCUT2D eigenvalue weighted by Gasteiger charge is 2.33. The molecule has 0 bridgehead atoms. The lowest BCUT2D eigenvalue weighted by Crippen LogP contribution is -2.43. The third-order valence-corrected chi connectivity index (χ3v) is 7.77. The van der Waals surface area contributed by atoms with Gasteiger partial charge in [-0.2, -0.15) is 0 Å². The normalized spacial score (nSPS) is 17.3. The van der Waals surface area contributed by atoms with Crippen LogP contribution >= 0.6 is 35.6 Å². The Morgan fingerprint density at radius 1 is 0.921 bits per heavy atom. The topological polar surface area (TPSA) is 54.0 Å². The SMILES string of the molecule is O=C1C(=Cc2ccc(Oc3ccc(Cl)cc3)cc2)SC(=S)N1c1ccc(OCCCN2CCNCC2)cc1. The van der Waals surface area contributed by atoms with E-state index >= 15 is 0 Å². The highest BCUT2D eigenvalue weighted by atomic mass is 35.5. The maximum absolute atomic E-state index is 13.2. The van der Waals surface area contributed by atoms with E-state index in [0.29, 0.717) is 32.4 Å². The fourth-order valence-corrected chi connectivity index (χ4v) is 5.64. The Hall–Kier alpha value is -2.88. The summed E-state index contributed by atoms with van der Waals surface area (Å²) >= 11 is 12.8. The van der Waals surface area contributed by atoms with Gasteiger partial charge < -0.3 is 19.7 Å². The number of benzene rings is 3. The van der Waals surface area contributed by atoms with Gasteiger partial charge in [-0.15, -0.1) is 0 Å². The standard InChI is InChI=1S/C29H28ClN3O3S2/c30-22-4-10-26(11-5-22)36-25-8-2-21(3-9-25)20-27-28(34)33(29(37)38-27)23-6-12-24(13-7-23)35-19-1-16-32-17-14-31-15-18-32/h2-13,20,31H,1,14-19H2. The summed E-state index contributed by atoms with van der Waals surface area (Å²) in [7, 11) is 0. The van der Waals surface area contributed by atoms with E-state index in [2.05, 4.69) is 10.2 Å². The number of hydrogen-bond donors (Lipinski definition) is 1. The molecule has 1 N–H and O–H groups in total. The molecule has 9 heteroatoms. The number of halogens is 1. The van der Waals surface area contributed by atoms with E-state index in [1.807, 2.05) is 66.7 Å². The van der Waals surface area contributed by atoms with Crippen LogP contribution in [0.1, 0.15) is 12.0 Å². The van der Waals surface area contributed by atoms with Crippen LogP contribution in [-0.4, -0.2) is 54.5 Å². The molecule has 0 aromatic heterocycles. The second-order valence-electron chi connectivity index (χ2n) is 8.93. The summed E-state index contributed by atoms with van der Waals surface area (Å²) in [5, 5.41) is 4.03. The molecule has 1 amide bonds. The van der Waals surface area contributed by atoms with Gasteiger partial charge in [-0.1, -0.05) is 47.7 Å². The summed E-state index contributed by atoms with van der Waals surface area (Å²) in [5.74, 6) is 2.06. The summed E-state index contributed by atoms with van der Waals surface area (Å²) in [5.41, 5.74) is 1.62. The lowest BCUT2D eigenvalue weighted by Gasteiger charge is -2.26. The van der Waals surface area contributed by atoms with Crippen LogP contribution in [0.5, 0.6) is 17.2 Å². The minimum absolute atomic E-state index is 0.133. The molecule has 0 atom stereocenters. The Morgan fingerprint density at radius 2 is 1.55 bits per heavy atom. The van der Waals surface area contributed by atoms with E-state index in [4.69, 9.17) is 33.3 Å². The number of piperazine rings is 1. The molecular formula is C29H28ClN3O3S2. The van der Waals surface area contributed by atoms with E-state index in [9.17, 15) is 4.79 Å². The van der Waals surface area contributed by atoms with E-state index in [1.165, 1.54) is 11.8 Å². The molecule has 2 fully saturated rings. The number of rotatable bonds is 9. The average molecular weight is 566 g/mol. The second-order valence-corrected chi connectivity index (χ2v) is 11.0. The number of carbonyl (C=O) groups excluding carboxylic acids is 1. The predicted molar refractivity (Wildman–Crippen MR) is 159 cm³/mol. The number of anilines is 1. The van der Waals surface area contributed by atoms with Crippen LogP contribution in [0, 0.1) is 0 Å². The lowest BCUT2D eigenvalue weighted by molar-refractivity contribution is -0.113. The first-order chi connectivity index (χ1) is 18.5. The molecule has 3 aromatic carbocycles. The van der Waals surface area contributed by atoms with Crippen molar-refractivity contribution in [3.8, 4) is 17.2 Å². The molecule has 5 rings (SSSR count). The number of nitrogens with one attached hydrogen (secondary N) is 1. The van der Waals surface area contributed by atoms with E-state index in [0.717, 1.165) is 56.1 Å². The van der Waals surface area contributed by atoms with Crippen molar-refractivity contribution in [1.82, 2.24) is 10.2 Å². The number of ether oxygens (including phenoxy) is 2. The van der Waals surface area contributed by atoms with Gasteiger partial charge in [0.15, 0.2) is 4.32 Å². The molecular weight excluding hydrogens is 538 g/mol. The van der Waals surface area contributed by atoms with Gasteiger partial charge in [-0.05, 0) is 78.7 Å². The van der Waals surface area contributed by atoms with Crippen LogP contribution < -0.4 is 19.7 Å². The maximum atomic E-state index is 13.2. The molecule has 0 aliphatic carbocycles. The maximum Gasteiger partial charge on any atom is 0.270 e. The average Bonchev–Trinajstić information content (AvgIpc) is 3.22. The molecule has 0 saturated carbocycles. The Morgan fingerprint density at radius 3 is 2.24 bits per heavy atom. The number of thiocarbonyl (C=S) groups is 1. The van der Waals surface area contributed by atoms with Crippen molar-refractivity contribution < 1.29 is 14.3 Å². The molecule has 2 aliphatic heterocycles. The number of hydrogen-bond acceptors (Lipinski definition) is 7. The summed E-state index contributed by atoms with van der Waals surface area (Å²) in [6.45, 7) is 6.01. The molecule has 196 valence electrons. The third-order valence-electron chi connectivity index (χ3n) is 6.21. The molecule has 0 radical (unpaired) electrons. The minimum Gasteiger partial charge on any atom is -0.494 e. The molecule has 2 saturated heterocycles. The summed E-state index contributed by atoms with van der Waals surface area (Å²) in [4.78, 5) is 17.8. The Kier molecular flexibility index (Phi) is 8.98. The Bertz CT molecular complexity index is 1290. The van der Waals surface area contributed by atoms with Crippen molar-refractivity contribution in [3.63, 3.8) is 0 Å². The first-order valence-electron chi connectivity index (χ1n) is 12.5. The number of thioether (sulfide) groups is 1. The van der Waals surface area contributed by atoms with Gasteiger partial charge in [0.1, 0.15) is 17.2 Å². The van der Waals surface area contributed by atoms with Gasteiger partial charge in [-0.3, -0.25) is 9.69 Å². The fourth-order valence-electron chi connectivity index (χ4n) is 4.22. The molecule has 0 spiro atoms. The van der Waals surface area contributed by atoms with Gasteiger partial charge in [0, 0.05) is 37.7 Å². The highest BCUT2D eigenvalue weighted by molar-refractivity contribution is 8.27. The monoisotopic (exact) mass is 565 g/mol. The molecule has 3 aromatic rings. The van der Waals surface area contributed by atoms with Gasteiger partial charge in [0.25, 0.3) is 5.91 Å². The first-order valence-corrected chi connectivity index (χ1v) is 14.1. The number of carbonyl (C=O) groups is 1. The zero-order valence-corrected chi connectivity index (χ0v) is 23.2. The van der Waals surface area contributed by atoms with Crippen LogP contribution in [-0.2, 0) is 4.79 Å². The summed E-state index contributed by atoms with van der Waals surface area (Å²) in [6, 6.07) is 22.3. The predicted octanol–water partition coefficient (Wildman–Crippen LogP) is 6.21. The lowest BCUT2D eigenvalue weighted by atomic mass is 10.2. The quantitative estimate of drug-likeness (QED) is 0.188. The van der Waals surface area contributed by atoms with Crippen molar-refractivity contribution in [1.29, 1.82) is 0 Å². The van der Waals surface area contributed by atoms with Crippen molar-refractivity contribution in [3.05, 3.63) is 88.3 Å². The van der Waals surface area contributed by atoms with Crippen molar-refractivity contribution in [2.45, 2.75) is 6.42 Å². The molecule has 2 aliphatic rings. The molecule has 6 nitrogen and oxygen atoms in total. The van der Waals surface area contributed by atoms with E-state index in [1.54, 1.807) is 17.0 Å². The van der Waals surface area contributed by atoms with Crippen LogP contribution in [0.4, 0.5) is 5.69 Å². The Balaban J connectivity index is 1.16. The van der Waals surface area contributed by atoms with E-state index in [-0.39, 0.29) is 5.91 Å². The van der Waals surface area contributed by atoms with Gasteiger partial charge in [0.2, 0.25) is 0 Å². The van der Waals surface area contributed by atoms with Gasteiger partial charge in [0.05, 0.1) is 17.2 Å². The molecule has 2 heterocycles. The largest absolute Gasteiger partial charge is 0.494 e. The molecule has 38 heavy (non-hydrogen) atoms. The second kappa shape index (κ2) is 12.8. The van der Waals surface area contributed by atoms with Crippen LogP contribution in [0.15, 0.2) is 77.7 Å². The number of amides is 1. The summed E-state index contributed by atoms with van der Waals surface area (Å²) in [6.07, 6.45) is 2.83. The highest BCUT2D eigenvalue weighted by Crippen LogP contribution is 2.36. The van der Waals surface area contributed by atoms with Crippen LogP contribution in [0.2, 0.25) is 5.02 Å². The van der Waals surface area contributed by atoms with Crippen LogP contribution in [0.25, 0.3) is 6.08 Å².